The number of aliphatic carboxylic acids is 2. The maximum absolute atomic E-state index is 11.0. The van der Waals surface area contributed by atoms with Crippen LogP contribution >= 0.6 is 0 Å². The number of hydrogen-bond acceptors (Lipinski definition) is 3. The van der Waals surface area contributed by atoms with Crippen LogP contribution in [0.25, 0.3) is 0 Å². The first-order chi connectivity index (χ1) is 6.41. The first-order valence-electron chi connectivity index (χ1n) is 4.14. The Balaban J connectivity index is 3.71. The van der Waals surface area contributed by atoms with Crippen molar-refractivity contribution < 1.29 is 24.6 Å². The maximum Gasteiger partial charge on any atom is 0.305 e. The molecule has 6 nitrogen and oxygen atoms in total. The van der Waals surface area contributed by atoms with Crippen molar-refractivity contribution in [1.82, 2.24) is 5.32 Å². The van der Waals surface area contributed by atoms with E-state index in [-0.39, 0.29) is 19.3 Å². The molecule has 1 amide bonds. The second kappa shape index (κ2) is 5.95. The highest BCUT2D eigenvalue weighted by Gasteiger charge is 2.11. The summed E-state index contributed by atoms with van der Waals surface area (Å²) >= 11 is 0. The topological polar surface area (TPSA) is 104 Å². The van der Waals surface area contributed by atoms with Crippen molar-refractivity contribution in [2.45, 2.75) is 32.2 Å². The Labute approximate surface area is 80.9 Å². The summed E-state index contributed by atoms with van der Waals surface area (Å²) in [6, 6.07) is -0.478. The Morgan fingerprint density at radius 3 is 2.14 bits per heavy atom. The molecule has 0 aromatic heterocycles. The third kappa shape index (κ3) is 7.08. The highest BCUT2D eigenvalue weighted by atomic mass is 16.4. The van der Waals surface area contributed by atoms with Crippen LogP contribution in [0.3, 0.4) is 0 Å². The van der Waals surface area contributed by atoms with Crippen LogP contribution in [0.1, 0.15) is 26.2 Å². The van der Waals surface area contributed by atoms with Crippen LogP contribution < -0.4 is 5.32 Å². The van der Waals surface area contributed by atoms with E-state index in [0.717, 1.165) is 0 Å². The Kier molecular flexibility index (Phi) is 5.28. The summed E-state index contributed by atoms with van der Waals surface area (Å²) in [6.07, 6.45) is -0.538. The van der Waals surface area contributed by atoms with E-state index in [2.05, 4.69) is 5.32 Å². The molecule has 0 rings (SSSR count). The van der Waals surface area contributed by atoms with Gasteiger partial charge in [0.2, 0.25) is 5.91 Å². The lowest BCUT2D eigenvalue weighted by atomic mass is 10.2. The number of carboxylic acid groups (broad SMARTS) is 2. The molecule has 0 spiro atoms. The average Bonchev–Trinajstić information content (AvgIpc) is 1.98. The Morgan fingerprint density at radius 1 is 1.14 bits per heavy atom. The summed E-state index contributed by atoms with van der Waals surface area (Å²) in [7, 11) is 0. The smallest absolute Gasteiger partial charge is 0.305 e. The molecular formula is C8H13NO5. The van der Waals surface area contributed by atoms with E-state index in [0.29, 0.717) is 0 Å². The van der Waals surface area contributed by atoms with Crippen LogP contribution in [-0.2, 0) is 14.4 Å². The van der Waals surface area contributed by atoms with Crippen molar-refractivity contribution in [2.24, 2.45) is 0 Å². The van der Waals surface area contributed by atoms with Crippen LogP contribution in [-0.4, -0.2) is 34.1 Å². The zero-order valence-electron chi connectivity index (χ0n) is 7.82. The third-order valence-electron chi connectivity index (χ3n) is 1.45. The quantitative estimate of drug-likeness (QED) is 0.556. The molecule has 0 heterocycles. The molecule has 14 heavy (non-hydrogen) atoms. The zero-order chi connectivity index (χ0) is 11.1. The average molecular weight is 203 g/mol. The van der Waals surface area contributed by atoms with Crippen molar-refractivity contribution in [3.05, 3.63) is 0 Å². The predicted molar refractivity (Wildman–Crippen MR) is 46.7 cm³/mol. The van der Waals surface area contributed by atoms with Gasteiger partial charge in [-0.05, 0) is 6.92 Å². The van der Waals surface area contributed by atoms with Gasteiger partial charge >= 0.3 is 11.9 Å². The molecule has 0 unspecified atom stereocenters. The molecule has 6 heteroatoms. The van der Waals surface area contributed by atoms with Gasteiger partial charge in [-0.1, -0.05) is 0 Å². The van der Waals surface area contributed by atoms with E-state index in [4.69, 9.17) is 10.2 Å². The normalized spacial score (nSPS) is 11.8. The van der Waals surface area contributed by atoms with E-state index in [1.807, 2.05) is 0 Å². The first kappa shape index (κ1) is 12.4. The number of carbonyl (C=O) groups excluding carboxylic acids is 1. The monoisotopic (exact) mass is 203 g/mol. The SMILES string of the molecule is C[C@H](CC(=O)O)NC(=O)CCC(=O)O. The fourth-order valence-electron chi connectivity index (χ4n) is 0.880. The molecule has 0 aliphatic rings. The fourth-order valence-corrected chi connectivity index (χ4v) is 0.880. The van der Waals surface area contributed by atoms with Crippen LogP contribution in [0, 0.1) is 0 Å². The van der Waals surface area contributed by atoms with Crippen LogP contribution in [0.4, 0.5) is 0 Å². The lowest BCUT2D eigenvalue weighted by Gasteiger charge is -2.10. The van der Waals surface area contributed by atoms with E-state index in [9.17, 15) is 14.4 Å². The van der Waals surface area contributed by atoms with Gasteiger partial charge in [0, 0.05) is 12.5 Å². The van der Waals surface area contributed by atoms with Crippen molar-refractivity contribution in [1.29, 1.82) is 0 Å². The van der Waals surface area contributed by atoms with Gasteiger partial charge in [-0.3, -0.25) is 14.4 Å². The standard InChI is InChI=1S/C8H13NO5/c1-5(4-8(13)14)9-6(10)2-3-7(11)12/h5H,2-4H2,1H3,(H,9,10)(H,11,12)(H,13,14)/t5-/m1/s1. The molecule has 0 aromatic carbocycles. The molecule has 80 valence electrons. The van der Waals surface area contributed by atoms with Gasteiger partial charge in [0.15, 0.2) is 0 Å². The van der Waals surface area contributed by atoms with Crippen LogP contribution in [0.5, 0.6) is 0 Å². The molecule has 3 N–H and O–H groups in total. The highest BCUT2D eigenvalue weighted by molar-refractivity contribution is 5.81. The van der Waals surface area contributed by atoms with Crippen LogP contribution in [0.15, 0.2) is 0 Å². The van der Waals surface area contributed by atoms with E-state index < -0.39 is 23.9 Å². The molecule has 0 aromatic rings. The minimum Gasteiger partial charge on any atom is -0.481 e. The van der Waals surface area contributed by atoms with Gasteiger partial charge in [-0.2, -0.15) is 0 Å². The molecule has 1 atom stereocenters. The number of amides is 1. The second-order valence-electron chi connectivity index (χ2n) is 2.96. The summed E-state index contributed by atoms with van der Waals surface area (Å²) in [5.74, 6) is -2.50. The fraction of sp³-hybridized carbons (Fsp3) is 0.625. The lowest BCUT2D eigenvalue weighted by Crippen LogP contribution is -2.34. The molecule has 0 aliphatic heterocycles. The van der Waals surface area contributed by atoms with Gasteiger partial charge in [0.05, 0.1) is 12.8 Å². The Hall–Kier alpha value is -1.59. The zero-order valence-corrected chi connectivity index (χ0v) is 7.82. The van der Waals surface area contributed by atoms with Crippen molar-refractivity contribution in [3.63, 3.8) is 0 Å². The molecule has 0 saturated carbocycles. The molecule has 0 fully saturated rings. The summed E-state index contributed by atoms with van der Waals surface area (Å²) < 4.78 is 0. The molecule has 0 radical (unpaired) electrons. The van der Waals surface area contributed by atoms with Gasteiger partial charge in [0.1, 0.15) is 0 Å². The summed E-state index contributed by atoms with van der Waals surface area (Å²) in [5, 5.41) is 19.0. The molecular weight excluding hydrogens is 190 g/mol. The van der Waals surface area contributed by atoms with Gasteiger partial charge in [0.25, 0.3) is 0 Å². The lowest BCUT2D eigenvalue weighted by molar-refractivity contribution is -0.140. The van der Waals surface area contributed by atoms with Crippen molar-refractivity contribution in [3.8, 4) is 0 Å². The number of nitrogens with one attached hydrogen (secondary N) is 1. The van der Waals surface area contributed by atoms with Gasteiger partial charge < -0.3 is 15.5 Å². The largest absolute Gasteiger partial charge is 0.481 e. The van der Waals surface area contributed by atoms with Gasteiger partial charge in [-0.25, -0.2) is 0 Å². The number of carbonyl (C=O) groups is 3. The third-order valence-corrected chi connectivity index (χ3v) is 1.45. The number of hydrogen-bond donors (Lipinski definition) is 3. The molecule has 0 bridgehead atoms. The van der Waals surface area contributed by atoms with Gasteiger partial charge in [-0.15, -0.1) is 0 Å². The maximum atomic E-state index is 11.0. The molecule has 0 saturated heterocycles. The van der Waals surface area contributed by atoms with E-state index >= 15 is 0 Å². The summed E-state index contributed by atoms with van der Waals surface area (Å²) in [5.41, 5.74) is 0. The summed E-state index contributed by atoms with van der Waals surface area (Å²) in [6.45, 7) is 1.55. The minimum atomic E-state index is -1.05. The predicted octanol–water partition coefficient (Wildman–Crippen LogP) is -0.169. The van der Waals surface area contributed by atoms with E-state index in [1.165, 1.54) is 0 Å². The van der Waals surface area contributed by atoms with E-state index in [1.54, 1.807) is 6.92 Å². The summed E-state index contributed by atoms with van der Waals surface area (Å²) in [4.78, 5) is 31.3. The molecule has 0 aliphatic carbocycles. The highest BCUT2D eigenvalue weighted by Crippen LogP contribution is 1.94. The van der Waals surface area contributed by atoms with Crippen molar-refractivity contribution in [2.75, 3.05) is 0 Å². The minimum absolute atomic E-state index is 0.126. The Morgan fingerprint density at radius 2 is 1.71 bits per heavy atom. The second-order valence-corrected chi connectivity index (χ2v) is 2.96. The van der Waals surface area contributed by atoms with Crippen LogP contribution in [0.2, 0.25) is 0 Å². The van der Waals surface area contributed by atoms with Crippen molar-refractivity contribution >= 4 is 17.8 Å². The number of rotatable bonds is 6. The Bertz CT molecular complexity index is 238. The number of carboxylic acids is 2. The first-order valence-corrected chi connectivity index (χ1v) is 4.14.